The quantitative estimate of drug-likeness (QED) is 0.919. The number of ether oxygens (including phenoxy) is 2. The number of hydrogen-bond acceptors (Lipinski definition) is 5. The van der Waals surface area contributed by atoms with Gasteiger partial charge in [-0.25, -0.2) is 0 Å². The van der Waals surface area contributed by atoms with Gasteiger partial charge in [0.15, 0.2) is 16.8 Å². The Hall–Kier alpha value is -1.72. The molecule has 1 aromatic heterocycles. The highest BCUT2D eigenvalue weighted by Gasteiger charge is 2.14. The highest BCUT2D eigenvalue weighted by molar-refractivity contribution is 5.85. The number of nitrogens with two attached hydrogens (primary N) is 1. The monoisotopic (exact) mass is 271 g/mol. The minimum absolute atomic E-state index is 0. The van der Waals surface area contributed by atoms with Crippen molar-refractivity contribution in [1.82, 2.24) is 0 Å². The third kappa shape index (κ3) is 2.27. The molecule has 0 spiro atoms. The zero-order chi connectivity index (χ0) is 12.4. The fourth-order valence-corrected chi connectivity index (χ4v) is 1.68. The van der Waals surface area contributed by atoms with Crippen LogP contribution in [0.5, 0.6) is 11.5 Å². The average Bonchev–Trinajstić information content (AvgIpc) is 2.36. The van der Waals surface area contributed by atoms with Gasteiger partial charge in [-0.1, -0.05) is 0 Å². The summed E-state index contributed by atoms with van der Waals surface area (Å²) in [6, 6.07) is 4.69. The van der Waals surface area contributed by atoms with Crippen LogP contribution in [0, 0.1) is 0 Å². The summed E-state index contributed by atoms with van der Waals surface area (Å²) in [6.07, 6.45) is 0. The van der Waals surface area contributed by atoms with E-state index in [0.717, 1.165) is 0 Å². The van der Waals surface area contributed by atoms with Gasteiger partial charge in [0.2, 0.25) is 5.75 Å². The fraction of sp³-hybridized carbons (Fsp3) is 0.250. The van der Waals surface area contributed by atoms with Gasteiger partial charge in [-0.05, 0) is 12.1 Å². The zero-order valence-corrected chi connectivity index (χ0v) is 10.9. The Morgan fingerprint density at radius 3 is 2.56 bits per heavy atom. The first-order chi connectivity index (χ1) is 8.21. The first kappa shape index (κ1) is 14.3. The Morgan fingerprint density at radius 1 is 1.28 bits per heavy atom. The van der Waals surface area contributed by atoms with Crippen molar-refractivity contribution in [3.05, 3.63) is 34.2 Å². The van der Waals surface area contributed by atoms with Crippen LogP contribution < -0.4 is 20.6 Å². The van der Waals surface area contributed by atoms with Crippen LogP contribution in [-0.4, -0.2) is 14.2 Å². The van der Waals surface area contributed by atoms with Gasteiger partial charge in [0.1, 0.15) is 5.76 Å². The van der Waals surface area contributed by atoms with Gasteiger partial charge in [-0.3, -0.25) is 4.79 Å². The minimum Gasteiger partial charge on any atom is -0.493 e. The van der Waals surface area contributed by atoms with Crippen LogP contribution in [0.2, 0.25) is 0 Å². The van der Waals surface area contributed by atoms with Crippen molar-refractivity contribution in [3.8, 4) is 11.5 Å². The number of methoxy groups -OCH3 is 2. The van der Waals surface area contributed by atoms with Crippen LogP contribution in [0.3, 0.4) is 0 Å². The molecule has 0 saturated carbocycles. The molecule has 98 valence electrons. The van der Waals surface area contributed by atoms with Crippen LogP contribution in [0.1, 0.15) is 5.76 Å². The molecule has 0 unspecified atom stereocenters. The molecule has 0 aliphatic carbocycles. The number of fused-ring (bicyclic) bond motifs is 1. The predicted molar refractivity (Wildman–Crippen MR) is 70.7 cm³/mol. The SMILES string of the molecule is COc1ccc2c(=O)cc(CN)oc2c1OC.Cl. The molecule has 0 amide bonds. The van der Waals surface area contributed by atoms with E-state index in [2.05, 4.69) is 0 Å². The Morgan fingerprint density at radius 2 is 2.00 bits per heavy atom. The summed E-state index contributed by atoms with van der Waals surface area (Å²) in [6.45, 7) is 0.158. The van der Waals surface area contributed by atoms with Gasteiger partial charge in [-0.15, -0.1) is 12.4 Å². The molecule has 18 heavy (non-hydrogen) atoms. The van der Waals surface area contributed by atoms with Crippen LogP contribution >= 0.6 is 12.4 Å². The molecule has 0 saturated heterocycles. The lowest BCUT2D eigenvalue weighted by molar-refractivity contribution is 0.351. The summed E-state index contributed by atoms with van der Waals surface area (Å²) in [5.74, 6) is 1.32. The summed E-state index contributed by atoms with van der Waals surface area (Å²) in [5.41, 5.74) is 5.68. The van der Waals surface area contributed by atoms with E-state index in [1.807, 2.05) is 0 Å². The smallest absolute Gasteiger partial charge is 0.204 e. The molecule has 0 bridgehead atoms. The highest BCUT2D eigenvalue weighted by atomic mass is 35.5. The molecular weight excluding hydrogens is 258 g/mol. The Labute approximate surface area is 110 Å². The summed E-state index contributed by atoms with van der Waals surface area (Å²) in [7, 11) is 3.01. The molecule has 1 heterocycles. The number of rotatable bonds is 3. The Bertz CT molecular complexity index is 609. The number of halogens is 1. The number of hydrogen-bond donors (Lipinski definition) is 1. The summed E-state index contributed by atoms with van der Waals surface area (Å²) in [5, 5.41) is 0.444. The van der Waals surface area contributed by atoms with Crippen molar-refractivity contribution in [1.29, 1.82) is 0 Å². The second-order valence-electron chi connectivity index (χ2n) is 3.46. The molecule has 0 atom stereocenters. The van der Waals surface area contributed by atoms with E-state index in [-0.39, 0.29) is 24.4 Å². The Balaban J connectivity index is 0.00000162. The lowest BCUT2D eigenvalue weighted by Gasteiger charge is -2.09. The topological polar surface area (TPSA) is 74.7 Å². The van der Waals surface area contributed by atoms with Gasteiger partial charge < -0.3 is 19.6 Å². The second kappa shape index (κ2) is 5.75. The fourth-order valence-electron chi connectivity index (χ4n) is 1.68. The van der Waals surface area contributed by atoms with E-state index in [1.165, 1.54) is 20.3 Å². The summed E-state index contributed by atoms with van der Waals surface area (Å²) in [4.78, 5) is 11.8. The molecule has 2 rings (SSSR count). The van der Waals surface area contributed by atoms with Crippen LogP contribution in [-0.2, 0) is 6.54 Å². The molecular formula is C12H14ClNO4. The molecule has 2 aromatic rings. The van der Waals surface area contributed by atoms with Crippen LogP contribution in [0.25, 0.3) is 11.0 Å². The van der Waals surface area contributed by atoms with E-state index in [1.54, 1.807) is 12.1 Å². The van der Waals surface area contributed by atoms with E-state index in [0.29, 0.717) is 28.2 Å². The van der Waals surface area contributed by atoms with Gasteiger partial charge in [0.05, 0.1) is 26.2 Å². The van der Waals surface area contributed by atoms with Gasteiger partial charge in [0.25, 0.3) is 0 Å². The van der Waals surface area contributed by atoms with Crippen molar-refractivity contribution in [2.45, 2.75) is 6.54 Å². The first-order valence-corrected chi connectivity index (χ1v) is 5.09. The first-order valence-electron chi connectivity index (χ1n) is 5.09. The minimum atomic E-state index is -0.146. The van der Waals surface area contributed by atoms with E-state index in [9.17, 15) is 4.79 Å². The molecule has 1 aromatic carbocycles. The lowest BCUT2D eigenvalue weighted by atomic mass is 10.2. The van der Waals surface area contributed by atoms with Gasteiger partial charge >= 0.3 is 0 Å². The Kier molecular flexibility index (Phi) is 4.58. The second-order valence-corrected chi connectivity index (χ2v) is 3.46. The molecule has 0 fully saturated rings. The maximum absolute atomic E-state index is 11.8. The van der Waals surface area contributed by atoms with Crippen molar-refractivity contribution in [3.63, 3.8) is 0 Å². The standard InChI is InChI=1S/C12H13NO4.ClH/c1-15-10-4-3-8-9(14)5-7(6-13)17-11(8)12(10)16-2;/h3-5H,6,13H2,1-2H3;1H. The third-order valence-electron chi connectivity index (χ3n) is 2.49. The van der Waals surface area contributed by atoms with Gasteiger partial charge in [0, 0.05) is 6.07 Å². The normalized spacial score (nSPS) is 9.94. The lowest BCUT2D eigenvalue weighted by Crippen LogP contribution is -2.06. The average molecular weight is 272 g/mol. The van der Waals surface area contributed by atoms with Crippen molar-refractivity contribution >= 4 is 23.4 Å². The van der Waals surface area contributed by atoms with E-state index in [4.69, 9.17) is 19.6 Å². The maximum Gasteiger partial charge on any atom is 0.204 e. The summed E-state index contributed by atoms with van der Waals surface area (Å²) < 4.78 is 15.9. The third-order valence-corrected chi connectivity index (χ3v) is 2.49. The molecule has 5 nitrogen and oxygen atoms in total. The molecule has 0 aliphatic heterocycles. The largest absolute Gasteiger partial charge is 0.493 e. The predicted octanol–water partition coefficient (Wildman–Crippen LogP) is 1.69. The number of benzene rings is 1. The van der Waals surface area contributed by atoms with Crippen LogP contribution in [0.15, 0.2) is 27.4 Å². The highest BCUT2D eigenvalue weighted by Crippen LogP contribution is 2.34. The van der Waals surface area contributed by atoms with Crippen molar-refractivity contribution in [2.75, 3.05) is 14.2 Å². The molecule has 6 heteroatoms. The van der Waals surface area contributed by atoms with E-state index < -0.39 is 0 Å². The molecule has 2 N–H and O–H groups in total. The van der Waals surface area contributed by atoms with Crippen molar-refractivity contribution < 1.29 is 13.9 Å². The molecule has 0 aliphatic rings. The van der Waals surface area contributed by atoms with Crippen molar-refractivity contribution in [2.24, 2.45) is 5.73 Å². The summed E-state index contributed by atoms with van der Waals surface area (Å²) >= 11 is 0. The van der Waals surface area contributed by atoms with Crippen LogP contribution in [0.4, 0.5) is 0 Å². The maximum atomic E-state index is 11.8. The zero-order valence-electron chi connectivity index (χ0n) is 10.1. The van der Waals surface area contributed by atoms with Gasteiger partial charge in [-0.2, -0.15) is 0 Å². The molecule has 0 radical (unpaired) electrons. The van der Waals surface area contributed by atoms with E-state index >= 15 is 0 Å².